The summed E-state index contributed by atoms with van der Waals surface area (Å²) >= 11 is 0. The van der Waals surface area contributed by atoms with Crippen LogP contribution in [0.4, 0.5) is 5.82 Å². The van der Waals surface area contributed by atoms with Gasteiger partial charge in [-0.2, -0.15) is 0 Å². The second kappa shape index (κ2) is 7.16. The van der Waals surface area contributed by atoms with Gasteiger partial charge in [-0.15, -0.1) is 0 Å². The topological polar surface area (TPSA) is 78.7 Å². The zero-order chi connectivity index (χ0) is 16.9. The summed E-state index contributed by atoms with van der Waals surface area (Å²) in [6, 6.07) is 6.87. The maximum atomic E-state index is 12.8. The van der Waals surface area contributed by atoms with Gasteiger partial charge in [0.15, 0.2) is 5.76 Å². The van der Waals surface area contributed by atoms with Crippen molar-refractivity contribution in [3.05, 3.63) is 48.0 Å². The fourth-order valence-electron chi connectivity index (χ4n) is 2.83. The van der Waals surface area contributed by atoms with Crippen LogP contribution in [0.3, 0.4) is 0 Å². The SMILES string of the molecule is CNc1ncccc1C(=O)N1CCCN(C(=O)c2ccco2)CC1. The molecule has 7 heteroatoms. The Bertz CT molecular complexity index is 714. The van der Waals surface area contributed by atoms with E-state index < -0.39 is 0 Å². The maximum Gasteiger partial charge on any atom is 0.289 e. The molecule has 1 fully saturated rings. The lowest BCUT2D eigenvalue weighted by Crippen LogP contribution is -2.37. The summed E-state index contributed by atoms with van der Waals surface area (Å²) in [5.41, 5.74) is 0.547. The van der Waals surface area contributed by atoms with E-state index in [4.69, 9.17) is 4.42 Å². The van der Waals surface area contributed by atoms with Gasteiger partial charge < -0.3 is 19.5 Å². The van der Waals surface area contributed by atoms with E-state index in [1.54, 1.807) is 47.3 Å². The van der Waals surface area contributed by atoms with Crippen LogP contribution in [0.1, 0.15) is 27.3 Å². The van der Waals surface area contributed by atoms with Crippen LogP contribution in [0.25, 0.3) is 0 Å². The van der Waals surface area contributed by atoms with Crippen molar-refractivity contribution in [2.75, 3.05) is 38.5 Å². The number of hydrogen-bond donors (Lipinski definition) is 1. The predicted molar refractivity (Wildman–Crippen MR) is 88.9 cm³/mol. The van der Waals surface area contributed by atoms with Gasteiger partial charge in [0, 0.05) is 39.4 Å². The Hall–Kier alpha value is -2.83. The molecule has 126 valence electrons. The number of hydrogen-bond acceptors (Lipinski definition) is 5. The van der Waals surface area contributed by atoms with Crippen molar-refractivity contribution >= 4 is 17.6 Å². The van der Waals surface area contributed by atoms with Crippen molar-refractivity contribution in [2.24, 2.45) is 0 Å². The number of carbonyl (C=O) groups is 2. The minimum absolute atomic E-state index is 0.0697. The third-order valence-electron chi connectivity index (χ3n) is 4.08. The normalized spacial score (nSPS) is 15.0. The Morgan fingerprint density at radius 1 is 1.08 bits per heavy atom. The number of nitrogens with zero attached hydrogens (tertiary/aromatic N) is 3. The van der Waals surface area contributed by atoms with Crippen LogP contribution in [0.15, 0.2) is 41.1 Å². The molecule has 0 aliphatic carbocycles. The number of carbonyl (C=O) groups excluding carboxylic acids is 2. The second-order valence-electron chi connectivity index (χ2n) is 5.56. The van der Waals surface area contributed by atoms with Crippen molar-refractivity contribution in [1.82, 2.24) is 14.8 Å². The molecule has 0 saturated carbocycles. The molecule has 2 amide bonds. The smallest absolute Gasteiger partial charge is 0.289 e. The number of amides is 2. The molecule has 1 aliphatic rings. The van der Waals surface area contributed by atoms with Gasteiger partial charge in [0.25, 0.3) is 11.8 Å². The Labute approximate surface area is 140 Å². The summed E-state index contributed by atoms with van der Waals surface area (Å²) in [4.78, 5) is 32.8. The van der Waals surface area contributed by atoms with Crippen LogP contribution in [0.5, 0.6) is 0 Å². The first-order chi connectivity index (χ1) is 11.7. The lowest BCUT2D eigenvalue weighted by atomic mass is 10.2. The van der Waals surface area contributed by atoms with Crippen LogP contribution < -0.4 is 5.32 Å². The monoisotopic (exact) mass is 328 g/mol. The highest BCUT2D eigenvalue weighted by molar-refractivity contribution is 5.98. The number of anilines is 1. The number of nitrogens with one attached hydrogen (secondary N) is 1. The lowest BCUT2D eigenvalue weighted by molar-refractivity contribution is 0.0700. The molecule has 3 heterocycles. The molecule has 0 spiro atoms. The Morgan fingerprint density at radius 2 is 1.83 bits per heavy atom. The molecular weight excluding hydrogens is 308 g/mol. The highest BCUT2D eigenvalue weighted by atomic mass is 16.3. The van der Waals surface area contributed by atoms with Gasteiger partial charge >= 0.3 is 0 Å². The molecule has 1 aliphatic heterocycles. The van der Waals surface area contributed by atoms with Crippen molar-refractivity contribution in [3.8, 4) is 0 Å². The molecule has 2 aromatic rings. The molecule has 24 heavy (non-hydrogen) atoms. The molecule has 0 radical (unpaired) electrons. The third kappa shape index (κ3) is 3.24. The summed E-state index contributed by atoms with van der Waals surface area (Å²) in [6.45, 7) is 2.19. The number of aromatic nitrogens is 1. The van der Waals surface area contributed by atoms with Gasteiger partial charge in [0.1, 0.15) is 5.82 Å². The minimum Gasteiger partial charge on any atom is -0.459 e. The fourth-order valence-corrected chi connectivity index (χ4v) is 2.83. The average molecular weight is 328 g/mol. The van der Waals surface area contributed by atoms with E-state index in [1.165, 1.54) is 6.26 Å². The fraction of sp³-hybridized carbons (Fsp3) is 0.353. The molecule has 3 rings (SSSR count). The quantitative estimate of drug-likeness (QED) is 0.928. The highest BCUT2D eigenvalue weighted by Gasteiger charge is 2.25. The van der Waals surface area contributed by atoms with Crippen molar-refractivity contribution in [2.45, 2.75) is 6.42 Å². The van der Waals surface area contributed by atoms with Gasteiger partial charge in [-0.05, 0) is 30.7 Å². The first kappa shape index (κ1) is 16.0. The van der Waals surface area contributed by atoms with Crippen LogP contribution in [0.2, 0.25) is 0 Å². The van der Waals surface area contributed by atoms with E-state index in [2.05, 4.69) is 10.3 Å². The zero-order valence-electron chi connectivity index (χ0n) is 13.6. The van der Waals surface area contributed by atoms with E-state index >= 15 is 0 Å². The summed E-state index contributed by atoms with van der Waals surface area (Å²) in [5, 5.41) is 2.94. The summed E-state index contributed by atoms with van der Waals surface area (Å²) in [6.07, 6.45) is 3.87. The van der Waals surface area contributed by atoms with Gasteiger partial charge in [-0.3, -0.25) is 9.59 Å². The van der Waals surface area contributed by atoms with Crippen LogP contribution in [0, 0.1) is 0 Å². The zero-order valence-corrected chi connectivity index (χ0v) is 13.6. The molecule has 0 unspecified atom stereocenters. The summed E-state index contributed by atoms with van der Waals surface area (Å²) in [5.74, 6) is 0.695. The molecule has 2 aromatic heterocycles. The molecule has 0 aromatic carbocycles. The lowest BCUT2D eigenvalue weighted by Gasteiger charge is -2.22. The first-order valence-electron chi connectivity index (χ1n) is 7.95. The Morgan fingerprint density at radius 3 is 2.50 bits per heavy atom. The summed E-state index contributed by atoms with van der Waals surface area (Å²) < 4.78 is 5.17. The minimum atomic E-state index is -0.133. The van der Waals surface area contributed by atoms with Crippen molar-refractivity contribution in [3.63, 3.8) is 0 Å². The number of furan rings is 1. The third-order valence-corrected chi connectivity index (χ3v) is 4.08. The van der Waals surface area contributed by atoms with Crippen LogP contribution >= 0.6 is 0 Å². The molecule has 1 saturated heterocycles. The van der Waals surface area contributed by atoms with Crippen molar-refractivity contribution < 1.29 is 14.0 Å². The largest absolute Gasteiger partial charge is 0.459 e. The molecule has 0 atom stereocenters. The van der Waals surface area contributed by atoms with E-state index in [0.29, 0.717) is 43.3 Å². The second-order valence-corrected chi connectivity index (χ2v) is 5.56. The van der Waals surface area contributed by atoms with Gasteiger partial charge in [0.2, 0.25) is 0 Å². The van der Waals surface area contributed by atoms with Crippen molar-refractivity contribution in [1.29, 1.82) is 0 Å². The van der Waals surface area contributed by atoms with Crippen LogP contribution in [-0.2, 0) is 0 Å². The van der Waals surface area contributed by atoms with Gasteiger partial charge in [-0.25, -0.2) is 4.98 Å². The number of pyridine rings is 1. The standard InChI is InChI=1S/C17H20N4O3/c1-18-15-13(5-2-7-19-15)16(22)20-8-4-9-21(11-10-20)17(23)14-6-3-12-24-14/h2-3,5-7,12H,4,8-11H2,1H3,(H,18,19). The molecule has 1 N–H and O–H groups in total. The van der Waals surface area contributed by atoms with E-state index in [1.807, 2.05) is 0 Å². The first-order valence-corrected chi connectivity index (χ1v) is 7.95. The van der Waals surface area contributed by atoms with Crippen LogP contribution in [-0.4, -0.2) is 59.8 Å². The molecule has 0 bridgehead atoms. The van der Waals surface area contributed by atoms with E-state index in [0.717, 1.165) is 6.42 Å². The van der Waals surface area contributed by atoms with Gasteiger partial charge in [0.05, 0.1) is 11.8 Å². The number of rotatable bonds is 3. The Balaban J connectivity index is 1.69. The molecule has 7 nitrogen and oxygen atoms in total. The van der Waals surface area contributed by atoms with Gasteiger partial charge in [-0.1, -0.05) is 0 Å². The maximum absolute atomic E-state index is 12.8. The predicted octanol–water partition coefficient (Wildman–Crippen LogP) is 1.70. The molecular formula is C17H20N4O3. The average Bonchev–Trinajstić information content (AvgIpc) is 3.05. The summed E-state index contributed by atoms with van der Waals surface area (Å²) in [7, 11) is 1.74. The van der Waals surface area contributed by atoms with E-state index in [9.17, 15) is 9.59 Å². The Kier molecular flexibility index (Phi) is 4.79. The van der Waals surface area contributed by atoms with E-state index in [-0.39, 0.29) is 11.8 Å². The highest BCUT2D eigenvalue weighted by Crippen LogP contribution is 2.16.